The van der Waals surface area contributed by atoms with Crippen molar-refractivity contribution in [2.24, 2.45) is 22.9 Å². The largest absolute Gasteiger partial charge is 0.388 e. The van der Waals surface area contributed by atoms with Gasteiger partial charge in [0, 0.05) is 31.6 Å². The van der Waals surface area contributed by atoms with E-state index in [1.54, 1.807) is 0 Å². The summed E-state index contributed by atoms with van der Waals surface area (Å²) in [6.45, 7) is -0.211. The van der Waals surface area contributed by atoms with Crippen molar-refractivity contribution >= 4 is 0 Å². The molecule has 1 saturated carbocycles. The van der Waals surface area contributed by atoms with E-state index in [2.05, 4.69) is 0 Å². The third kappa shape index (κ3) is 5.24. The molecule has 2 heterocycles. The highest BCUT2D eigenvalue weighted by atomic mass is 16.7. The predicted molar refractivity (Wildman–Crippen MR) is 106 cm³/mol. The number of hydrogen-bond acceptors (Lipinski definition) is 14. The molecule has 14 nitrogen and oxygen atoms in total. The van der Waals surface area contributed by atoms with E-state index >= 15 is 0 Å². The third-order valence-corrected chi connectivity index (χ3v) is 6.38. The van der Waals surface area contributed by atoms with Gasteiger partial charge in [0.15, 0.2) is 12.6 Å². The highest BCUT2D eigenvalue weighted by molar-refractivity contribution is 4.96. The van der Waals surface area contributed by atoms with Crippen LogP contribution in [0.2, 0.25) is 0 Å². The standard InChI is InChI=1S/C18H36N4O10/c19-3-9-11(23)13(25)15(27)17(31-9)29-7-2-8(6(22)1-5(7)21)30-18-16(28)14(26)12(24)10(4-20)32-18/h5-18,23-28H,1-4,19-22H2/t5-,6-,7-,8-,9-,10-,11-,12-,13+,14+,15-,16-,17+,18+/m1/s1. The maximum atomic E-state index is 10.2. The van der Waals surface area contributed by atoms with E-state index in [9.17, 15) is 30.6 Å². The average molecular weight is 469 g/mol. The first kappa shape index (κ1) is 26.1. The molecule has 0 aromatic heterocycles. The minimum atomic E-state index is -1.54. The molecular formula is C18H36N4O10. The van der Waals surface area contributed by atoms with Crippen molar-refractivity contribution in [2.45, 2.75) is 98.5 Å². The fourth-order valence-electron chi connectivity index (χ4n) is 4.30. The second-order valence-corrected chi connectivity index (χ2v) is 8.65. The number of hydrogen-bond donors (Lipinski definition) is 10. The molecule has 14 atom stereocenters. The van der Waals surface area contributed by atoms with Gasteiger partial charge in [-0.25, -0.2) is 0 Å². The molecule has 0 radical (unpaired) electrons. The Kier molecular flexibility index (Phi) is 8.79. The van der Waals surface area contributed by atoms with Gasteiger partial charge >= 0.3 is 0 Å². The Morgan fingerprint density at radius 3 is 1.31 bits per heavy atom. The van der Waals surface area contributed by atoms with Gasteiger partial charge in [0.2, 0.25) is 0 Å². The van der Waals surface area contributed by atoms with Crippen LogP contribution in [0.4, 0.5) is 0 Å². The highest BCUT2D eigenvalue weighted by Gasteiger charge is 2.48. The summed E-state index contributed by atoms with van der Waals surface area (Å²) in [6, 6.07) is -1.13. The Labute approximate surface area is 185 Å². The minimum absolute atomic E-state index is 0.106. The molecule has 1 aliphatic carbocycles. The Morgan fingerprint density at radius 2 is 0.969 bits per heavy atom. The lowest BCUT2D eigenvalue weighted by Gasteiger charge is -2.46. The maximum absolute atomic E-state index is 10.2. The molecule has 2 saturated heterocycles. The van der Waals surface area contributed by atoms with E-state index in [0.29, 0.717) is 0 Å². The van der Waals surface area contributed by atoms with Gasteiger partial charge in [0.1, 0.15) is 48.8 Å². The summed E-state index contributed by atoms with van der Waals surface area (Å²) >= 11 is 0. The number of aliphatic hydroxyl groups excluding tert-OH is 6. The fourth-order valence-corrected chi connectivity index (χ4v) is 4.30. The molecule has 0 unspecified atom stereocenters. The Hall–Kier alpha value is -0.560. The summed E-state index contributed by atoms with van der Waals surface area (Å²) in [5.74, 6) is 0. The van der Waals surface area contributed by atoms with Gasteiger partial charge in [0.25, 0.3) is 0 Å². The first-order valence-corrected chi connectivity index (χ1v) is 10.7. The molecule has 0 bridgehead atoms. The van der Waals surface area contributed by atoms with Crippen molar-refractivity contribution in [1.29, 1.82) is 0 Å². The Bertz CT molecular complexity index is 556. The Balaban J connectivity index is 1.66. The molecule has 32 heavy (non-hydrogen) atoms. The molecule has 0 amide bonds. The summed E-state index contributed by atoms with van der Waals surface area (Å²) in [7, 11) is 0. The minimum Gasteiger partial charge on any atom is -0.388 e. The van der Waals surface area contributed by atoms with Gasteiger partial charge in [-0.1, -0.05) is 0 Å². The smallest absolute Gasteiger partial charge is 0.186 e. The summed E-state index contributed by atoms with van der Waals surface area (Å²) in [5, 5.41) is 60.5. The summed E-state index contributed by atoms with van der Waals surface area (Å²) < 4.78 is 22.6. The number of nitrogens with two attached hydrogens (primary N) is 4. The predicted octanol–water partition coefficient (Wildman–Crippen LogP) is -6.26. The van der Waals surface area contributed by atoms with E-state index in [0.717, 1.165) is 0 Å². The number of rotatable bonds is 6. The van der Waals surface area contributed by atoms with Crippen LogP contribution in [0.3, 0.4) is 0 Å². The van der Waals surface area contributed by atoms with E-state index in [-0.39, 0.29) is 25.9 Å². The zero-order chi connectivity index (χ0) is 23.7. The molecule has 2 aliphatic heterocycles. The monoisotopic (exact) mass is 468 g/mol. The van der Waals surface area contributed by atoms with Crippen molar-refractivity contribution in [3.8, 4) is 0 Å². The summed E-state index contributed by atoms with van der Waals surface area (Å²) in [5.41, 5.74) is 23.4. The van der Waals surface area contributed by atoms with Crippen molar-refractivity contribution in [2.75, 3.05) is 13.1 Å². The lowest BCUT2D eigenvalue weighted by Crippen LogP contribution is -2.64. The first-order chi connectivity index (χ1) is 15.1. The normalized spacial score (nSPS) is 52.7. The van der Waals surface area contributed by atoms with Crippen molar-refractivity contribution in [1.82, 2.24) is 0 Å². The van der Waals surface area contributed by atoms with E-state index in [4.69, 9.17) is 41.9 Å². The van der Waals surface area contributed by atoms with Crippen LogP contribution in [-0.2, 0) is 18.9 Å². The molecule has 14 N–H and O–H groups in total. The van der Waals surface area contributed by atoms with Crippen LogP contribution in [-0.4, -0.2) is 129 Å². The van der Waals surface area contributed by atoms with Crippen molar-refractivity contribution < 1.29 is 49.6 Å². The maximum Gasteiger partial charge on any atom is 0.186 e. The molecule has 3 fully saturated rings. The second kappa shape index (κ2) is 10.8. The molecule has 0 aromatic carbocycles. The third-order valence-electron chi connectivity index (χ3n) is 6.38. The van der Waals surface area contributed by atoms with Crippen molar-refractivity contribution in [3.63, 3.8) is 0 Å². The van der Waals surface area contributed by atoms with Crippen LogP contribution in [0.25, 0.3) is 0 Å². The second-order valence-electron chi connectivity index (χ2n) is 8.65. The van der Waals surface area contributed by atoms with Crippen LogP contribution in [0.15, 0.2) is 0 Å². The van der Waals surface area contributed by atoms with Gasteiger partial charge < -0.3 is 72.5 Å². The summed E-state index contributed by atoms with van der Waals surface area (Å²) in [4.78, 5) is 0. The van der Waals surface area contributed by atoms with Crippen molar-refractivity contribution in [3.05, 3.63) is 0 Å². The quantitative estimate of drug-likeness (QED) is 0.174. The topological polar surface area (TPSA) is 262 Å². The zero-order valence-electron chi connectivity index (χ0n) is 17.5. The SMILES string of the molecule is NC[C@H]1O[C@H](O[C@@H]2C[C@@H](O[C@H]3O[C@H](CN)[C@@H](O)[C@H](O)[C@H]3O)[C@H](N)C[C@H]2N)[C@H](O)[C@@H](O)[C@@H]1O. The molecule has 14 heteroatoms. The van der Waals surface area contributed by atoms with Gasteiger partial charge in [-0.05, 0) is 6.42 Å². The van der Waals surface area contributed by atoms with Gasteiger partial charge in [-0.3, -0.25) is 0 Å². The lowest BCUT2D eigenvalue weighted by atomic mass is 9.86. The molecule has 188 valence electrons. The van der Waals surface area contributed by atoms with Gasteiger partial charge in [-0.15, -0.1) is 0 Å². The molecule has 0 aromatic rings. The fraction of sp³-hybridized carbons (Fsp3) is 1.00. The van der Waals surface area contributed by atoms with Crippen LogP contribution in [0.1, 0.15) is 12.8 Å². The van der Waals surface area contributed by atoms with Gasteiger partial charge in [-0.2, -0.15) is 0 Å². The average Bonchev–Trinajstić information content (AvgIpc) is 2.77. The van der Waals surface area contributed by atoms with Crippen LogP contribution >= 0.6 is 0 Å². The number of aliphatic hydroxyl groups is 6. The van der Waals surface area contributed by atoms with E-state index < -0.39 is 85.7 Å². The summed E-state index contributed by atoms with van der Waals surface area (Å²) in [6.07, 6.45) is -14.5. The van der Waals surface area contributed by atoms with Crippen LogP contribution < -0.4 is 22.9 Å². The molecule has 3 rings (SSSR count). The lowest BCUT2D eigenvalue weighted by molar-refractivity contribution is -0.323. The van der Waals surface area contributed by atoms with Gasteiger partial charge in [0.05, 0.1) is 12.2 Å². The highest BCUT2D eigenvalue weighted by Crippen LogP contribution is 2.31. The molecule has 0 spiro atoms. The Morgan fingerprint density at radius 1 is 0.594 bits per heavy atom. The van der Waals surface area contributed by atoms with Crippen LogP contribution in [0, 0.1) is 0 Å². The zero-order valence-corrected chi connectivity index (χ0v) is 17.5. The van der Waals surface area contributed by atoms with E-state index in [1.165, 1.54) is 0 Å². The van der Waals surface area contributed by atoms with E-state index in [1.807, 2.05) is 0 Å². The first-order valence-electron chi connectivity index (χ1n) is 10.7. The van der Waals surface area contributed by atoms with Crippen LogP contribution in [0.5, 0.6) is 0 Å². The molecule has 3 aliphatic rings. The molecular weight excluding hydrogens is 432 g/mol. The number of ether oxygens (including phenoxy) is 4.